The number of fused-ring (bicyclic) bond motifs is 7. The molecule has 1 aromatic carbocycles. The molecule has 0 spiro atoms. The summed E-state index contributed by atoms with van der Waals surface area (Å²) in [5.74, 6) is -0.139. The van der Waals surface area contributed by atoms with Crippen molar-refractivity contribution in [3.63, 3.8) is 0 Å². The first kappa shape index (κ1) is 39.9. The van der Waals surface area contributed by atoms with Gasteiger partial charge in [0.05, 0.1) is 34.8 Å². The quantitative estimate of drug-likeness (QED) is 0.151. The number of cyclic esters (lactones) is 1. The fourth-order valence-corrected chi connectivity index (χ4v) is 9.85. The van der Waals surface area contributed by atoms with E-state index in [1.165, 1.54) is 22.8 Å². The van der Waals surface area contributed by atoms with Crippen LogP contribution in [-0.2, 0) is 38.4 Å². The maximum atomic E-state index is 14.3. The average molecular weight is 784 g/mol. The first-order valence-electron chi connectivity index (χ1n) is 20.3. The topological polar surface area (TPSA) is 130 Å². The van der Waals surface area contributed by atoms with E-state index in [4.69, 9.17) is 19.5 Å². The zero-order valence-electron chi connectivity index (χ0n) is 33.7. The van der Waals surface area contributed by atoms with Gasteiger partial charge in [0.2, 0.25) is 0 Å². The second kappa shape index (κ2) is 16.6. The summed E-state index contributed by atoms with van der Waals surface area (Å²) in [5, 5.41) is 8.45. The van der Waals surface area contributed by atoms with E-state index in [9.17, 15) is 14.4 Å². The molecule has 56 heavy (non-hydrogen) atoms. The van der Waals surface area contributed by atoms with Gasteiger partial charge in [0.1, 0.15) is 12.1 Å². The van der Waals surface area contributed by atoms with Crippen molar-refractivity contribution in [2.24, 2.45) is 16.3 Å². The zero-order valence-corrected chi connectivity index (χ0v) is 34.5. The number of hydrogen-bond acceptors (Lipinski definition) is 9. The number of esters is 1. The van der Waals surface area contributed by atoms with Gasteiger partial charge in [-0.05, 0) is 76.5 Å². The molecule has 2 N–H and O–H groups in total. The fraction of sp³-hybridized carbons (Fsp3) is 0.558. The van der Waals surface area contributed by atoms with Gasteiger partial charge in [-0.1, -0.05) is 45.4 Å². The summed E-state index contributed by atoms with van der Waals surface area (Å²) < 4.78 is 14.2. The number of methoxy groups -OCH3 is 1. The number of rotatable bonds is 7. The van der Waals surface area contributed by atoms with Gasteiger partial charge < -0.3 is 24.3 Å². The molecule has 4 aliphatic rings. The Balaban J connectivity index is 1.32. The van der Waals surface area contributed by atoms with Crippen LogP contribution in [0.25, 0.3) is 27.7 Å². The molecule has 1 saturated carbocycles. The second-order valence-electron chi connectivity index (χ2n) is 16.4. The number of likely N-dealkylation sites (tertiary alicyclic amines) is 1. The lowest BCUT2D eigenvalue weighted by Crippen LogP contribution is -2.65. The Morgan fingerprint density at radius 2 is 2.04 bits per heavy atom. The van der Waals surface area contributed by atoms with Crippen LogP contribution in [0.2, 0.25) is 0 Å². The van der Waals surface area contributed by atoms with E-state index in [1.54, 1.807) is 13.3 Å². The number of hydrazine groups is 1. The molecule has 6 bridgehead atoms. The number of aliphatic imine (C=N–C) groups is 1. The second-order valence-corrected chi connectivity index (χ2v) is 17.4. The Hall–Kier alpha value is -4.33. The Bertz CT molecular complexity index is 2050. The molecule has 2 saturated heterocycles. The fourth-order valence-electron chi connectivity index (χ4n) is 9.00. The van der Waals surface area contributed by atoms with Crippen molar-refractivity contribution in [3.05, 3.63) is 58.2 Å². The number of aromatic nitrogens is 2. The third kappa shape index (κ3) is 7.82. The molecule has 3 aliphatic heterocycles. The summed E-state index contributed by atoms with van der Waals surface area (Å²) in [4.78, 5) is 53.5. The van der Waals surface area contributed by atoms with Crippen LogP contribution < -0.4 is 10.7 Å². The Labute approximate surface area is 334 Å². The van der Waals surface area contributed by atoms with Crippen molar-refractivity contribution >= 4 is 51.9 Å². The molecule has 5 atom stereocenters. The standard InChI is InChI=1S/C43H57N7O5S/c1-8-29(38(44-9-2)26(4)54-7)39-31-22-43(5,6)25-55-41(52)32-15-13-19-50(47-32)40(51)33(46-42(53)49-23-28-14-11-12-16-35(28)49)21-37-45-34(24-56-37)27-17-18-36(30(31)20-27)48(39)10-3/h8-9,17-18,20,24,26,28,32-33,35,47H,1,10-16,19,21-23,25H2,2-7H3,(H,46,53)/b38-29+,44-9?/t26-,28+,32-,33-,35+/m0/s1. The van der Waals surface area contributed by atoms with Gasteiger partial charge in [-0.25, -0.2) is 15.2 Å². The molecule has 5 heterocycles. The third-order valence-electron chi connectivity index (χ3n) is 12.0. The summed E-state index contributed by atoms with van der Waals surface area (Å²) in [6.45, 7) is 16.5. The number of nitrogens with zero attached hydrogens (tertiary/aromatic N) is 5. The van der Waals surface area contributed by atoms with E-state index in [0.717, 1.165) is 75.5 Å². The van der Waals surface area contributed by atoms with Crippen molar-refractivity contribution in [1.29, 1.82) is 0 Å². The summed E-state index contributed by atoms with van der Waals surface area (Å²) in [5.41, 5.74) is 9.30. The Kier molecular flexibility index (Phi) is 11.9. The number of aryl methyl sites for hydroxylation is 1. The van der Waals surface area contributed by atoms with Crippen LogP contribution in [0, 0.1) is 11.3 Å². The molecular weight excluding hydrogens is 727 g/mol. The highest BCUT2D eigenvalue weighted by molar-refractivity contribution is 7.10. The molecule has 3 amide bonds. The van der Waals surface area contributed by atoms with Crippen LogP contribution >= 0.6 is 11.3 Å². The number of benzene rings is 1. The number of urea groups is 1. The minimum absolute atomic E-state index is 0.170. The Morgan fingerprint density at radius 1 is 1.23 bits per heavy atom. The lowest BCUT2D eigenvalue weighted by Gasteiger charge is -2.51. The molecule has 12 nitrogen and oxygen atoms in total. The minimum atomic E-state index is -0.863. The summed E-state index contributed by atoms with van der Waals surface area (Å²) in [6, 6.07) is 4.91. The molecule has 0 unspecified atom stereocenters. The van der Waals surface area contributed by atoms with Gasteiger partial charge in [-0.2, -0.15) is 0 Å². The van der Waals surface area contributed by atoms with Gasteiger partial charge in [-0.15, -0.1) is 11.3 Å². The molecular formula is C43H57N7O5S. The Morgan fingerprint density at radius 3 is 2.77 bits per heavy atom. The van der Waals surface area contributed by atoms with Crippen LogP contribution in [0.1, 0.15) is 89.4 Å². The molecule has 2 aromatic heterocycles. The summed E-state index contributed by atoms with van der Waals surface area (Å²) in [6.07, 6.45) is 9.83. The van der Waals surface area contributed by atoms with Crippen molar-refractivity contribution < 1.29 is 23.9 Å². The van der Waals surface area contributed by atoms with E-state index in [0.29, 0.717) is 38.3 Å². The molecule has 7 rings (SSSR count). The highest BCUT2D eigenvalue weighted by atomic mass is 32.1. The predicted molar refractivity (Wildman–Crippen MR) is 221 cm³/mol. The van der Waals surface area contributed by atoms with Crippen molar-refractivity contribution in [2.75, 3.05) is 26.8 Å². The number of ether oxygens (including phenoxy) is 2. The molecule has 1 aliphatic carbocycles. The SMILES string of the molecule is C=C/C(=C(\N=CC)[C@H](C)OC)c1c2c3cc(ccc3n1CC)-c1csc(n1)C[C@H](NC(=O)N1C[C@H]3CCCC[C@H]31)C(=O)N1CCC[C@H](N1)C(=O)OCC(C)(C)C2. The first-order chi connectivity index (χ1) is 27.0. The number of nitrogens with one attached hydrogen (secondary N) is 2. The number of hydrogen-bond donors (Lipinski definition) is 2. The maximum Gasteiger partial charge on any atom is 0.324 e. The number of thiazole rings is 1. The number of allylic oxidation sites excluding steroid dienone is 2. The van der Waals surface area contributed by atoms with Gasteiger partial charge in [-0.3, -0.25) is 19.6 Å². The van der Waals surface area contributed by atoms with Crippen molar-refractivity contribution in [2.45, 2.75) is 117 Å². The van der Waals surface area contributed by atoms with E-state index >= 15 is 0 Å². The first-order valence-corrected chi connectivity index (χ1v) is 21.1. The monoisotopic (exact) mass is 783 g/mol. The van der Waals surface area contributed by atoms with Crippen LogP contribution in [0.3, 0.4) is 0 Å². The lowest BCUT2D eigenvalue weighted by atomic mass is 9.77. The van der Waals surface area contributed by atoms with E-state index in [-0.39, 0.29) is 37.1 Å². The molecule has 300 valence electrons. The van der Waals surface area contributed by atoms with Crippen molar-refractivity contribution in [1.82, 2.24) is 30.2 Å². The predicted octanol–water partition coefficient (Wildman–Crippen LogP) is 6.92. The van der Waals surface area contributed by atoms with E-state index in [2.05, 4.69) is 60.9 Å². The highest BCUT2D eigenvalue weighted by Gasteiger charge is 2.44. The smallest absolute Gasteiger partial charge is 0.324 e. The normalized spacial score (nSPS) is 25.2. The maximum absolute atomic E-state index is 14.3. The van der Waals surface area contributed by atoms with Crippen LogP contribution in [0.5, 0.6) is 0 Å². The highest BCUT2D eigenvalue weighted by Crippen LogP contribution is 2.41. The van der Waals surface area contributed by atoms with Gasteiger partial charge in [0.15, 0.2) is 0 Å². The van der Waals surface area contributed by atoms with Gasteiger partial charge in [0, 0.05) is 78.3 Å². The van der Waals surface area contributed by atoms with Crippen molar-refractivity contribution in [3.8, 4) is 11.3 Å². The van der Waals surface area contributed by atoms with Gasteiger partial charge >= 0.3 is 12.0 Å². The molecule has 0 radical (unpaired) electrons. The molecule has 13 heteroatoms. The third-order valence-corrected chi connectivity index (χ3v) is 12.9. The largest absolute Gasteiger partial charge is 0.464 e. The lowest BCUT2D eigenvalue weighted by molar-refractivity contribution is -0.155. The number of carbonyl (C=O) groups is 3. The summed E-state index contributed by atoms with van der Waals surface area (Å²) >= 11 is 1.48. The molecule has 3 aromatic rings. The van der Waals surface area contributed by atoms with Crippen LogP contribution in [0.4, 0.5) is 4.79 Å². The minimum Gasteiger partial charge on any atom is -0.464 e. The van der Waals surface area contributed by atoms with Gasteiger partial charge in [0.25, 0.3) is 5.91 Å². The zero-order chi connectivity index (χ0) is 39.7. The van der Waals surface area contributed by atoms with Crippen LogP contribution in [0.15, 0.2) is 46.9 Å². The average Bonchev–Trinajstić information content (AvgIpc) is 3.78. The number of carbonyl (C=O) groups excluding carboxylic acids is 3. The summed E-state index contributed by atoms with van der Waals surface area (Å²) in [7, 11) is 1.68. The number of amides is 3. The van der Waals surface area contributed by atoms with E-state index in [1.807, 2.05) is 30.2 Å². The van der Waals surface area contributed by atoms with E-state index < -0.39 is 23.5 Å². The molecule has 3 fully saturated rings. The van der Waals surface area contributed by atoms with Crippen LogP contribution in [-0.4, -0.2) is 94.6 Å².